The predicted molar refractivity (Wildman–Crippen MR) is 94.7 cm³/mol. The maximum absolute atomic E-state index is 13.2. The van der Waals surface area contributed by atoms with Crippen LogP contribution in [0.5, 0.6) is 0 Å². The molecule has 5 nitrogen and oxygen atoms in total. The molecule has 1 aliphatic carbocycles. The molecule has 1 saturated carbocycles. The lowest BCUT2D eigenvalue weighted by molar-refractivity contribution is -0.146. The highest BCUT2D eigenvalue weighted by Crippen LogP contribution is 2.40. The van der Waals surface area contributed by atoms with Crippen LogP contribution in [0.25, 0.3) is 0 Å². The average molecular weight is 335 g/mol. The molecule has 3 fully saturated rings. The zero-order valence-electron chi connectivity index (χ0n) is 15.2. The Morgan fingerprint density at radius 1 is 1.17 bits per heavy atom. The number of nitrogens with one attached hydrogen (secondary N) is 1. The van der Waals surface area contributed by atoms with E-state index in [4.69, 9.17) is 0 Å². The minimum absolute atomic E-state index is 0.00549. The van der Waals surface area contributed by atoms with Gasteiger partial charge in [-0.3, -0.25) is 4.79 Å². The lowest BCUT2D eigenvalue weighted by Crippen LogP contribution is -2.52. The zero-order chi connectivity index (χ0) is 17.0. The Labute approximate surface area is 146 Å². The summed E-state index contributed by atoms with van der Waals surface area (Å²) in [5.74, 6) is 1.02. The molecule has 0 aromatic heterocycles. The molecule has 1 unspecified atom stereocenters. The molecule has 24 heavy (non-hydrogen) atoms. The second-order valence-electron chi connectivity index (χ2n) is 8.04. The maximum atomic E-state index is 13.2. The number of carbonyl (C=O) groups excluding carboxylic acids is 2. The second-order valence-corrected chi connectivity index (χ2v) is 8.04. The highest BCUT2D eigenvalue weighted by Gasteiger charge is 2.49. The van der Waals surface area contributed by atoms with E-state index in [-0.39, 0.29) is 11.4 Å². The van der Waals surface area contributed by atoms with Crippen molar-refractivity contribution in [1.29, 1.82) is 0 Å². The van der Waals surface area contributed by atoms with Crippen LogP contribution >= 0.6 is 0 Å². The second kappa shape index (κ2) is 7.75. The summed E-state index contributed by atoms with van der Waals surface area (Å²) < 4.78 is 0. The predicted octanol–water partition coefficient (Wildman–Crippen LogP) is 3.00. The number of piperidine rings is 1. The van der Waals surface area contributed by atoms with Gasteiger partial charge in [0.25, 0.3) is 0 Å². The van der Waals surface area contributed by atoms with Crippen molar-refractivity contribution in [1.82, 2.24) is 15.1 Å². The highest BCUT2D eigenvalue weighted by atomic mass is 16.2. The third kappa shape index (κ3) is 3.70. The molecule has 2 heterocycles. The number of urea groups is 1. The van der Waals surface area contributed by atoms with Crippen LogP contribution in [0.2, 0.25) is 0 Å². The molecule has 1 N–H and O–H groups in total. The van der Waals surface area contributed by atoms with E-state index in [1.165, 1.54) is 32.1 Å². The standard InChI is InChI=1S/C19H33N3O2/c1-2-11-20-18(24)22-13-10-19(15-22)9-6-12-21(17(19)23)14-16-7-4-3-5-8-16/h16H,2-15H2,1H3,(H,20,24). The number of nitrogens with zero attached hydrogens (tertiary/aromatic N) is 2. The summed E-state index contributed by atoms with van der Waals surface area (Å²) in [6.45, 7) is 5.96. The van der Waals surface area contributed by atoms with Crippen LogP contribution in [0.4, 0.5) is 4.79 Å². The number of rotatable bonds is 4. The van der Waals surface area contributed by atoms with E-state index in [0.29, 0.717) is 24.9 Å². The van der Waals surface area contributed by atoms with Crippen LogP contribution in [0.1, 0.15) is 64.7 Å². The molecule has 1 spiro atoms. The average Bonchev–Trinajstić information content (AvgIpc) is 3.03. The normalized spacial score (nSPS) is 28.6. The minimum atomic E-state index is -0.295. The molecule has 3 rings (SSSR count). The number of amides is 3. The highest BCUT2D eigenvalue weighted by molar-refractivity contribution is 5.85. The number of hydrogen-bond acceptors (Lipinski definition) is 2. The van der Waals surface area contributed by atoms with Gasteiger partial charge in [0.1, 0.15) is 0 Å². The van der Waals surface area contributed by atoms with E-state index in [0.717, 1.165) is 45.3 Å². The largest absolute Gasteiger partial charge is 0.342 e. The summed E-state index contributed by atoms with van der Waals surface area (Å²) in [6, 6.07) is 0.00549. The Bertz CT molecular complexity index is 462. The van der Waals surface area contributed by atoms with Gasteiger partial charge >= 0.3 is 6.03 Å². The zero-order valence-corrected chi connectivity index (χ0v) is 15.2. The van der Waals surface area contributed by atoms with E-state index in [9.17, 15) is 9.59 Å². The van der Waals surface area contributed by atoms with Gasteiger partial charge in [-0.25, -0.2) is 4.79 Å². The first kappa shape index (κ1) is 17.6. The van der Waals surface area contributed by atoms with Crippen LogP contribution in [-0.4, -0.2) is 54.5 Å². The van der Waals surface area contributed by atoms with Gasteiger partial charge in [0.05, 0.1) is 5.41 Å². The van der Waals surface area contributed by atoms with E-state index in [1.807, 2.05) is 4.90 Å². The molecule has 0 bridgehead atoms. The van der Waals surface area contributed by atoms with Crippen molar-refractivity contribution in [3.05, 3.63) is 0 Å². The van der Waals surface area contributed by atoms with Gasteiger partial charge in [-0.2, -0.15) is 0 Å². The summed E-state index contributed by atoms with van der Waals surface area (Å²) in [4.78, 5) is 29.4. The molecule has 2 aliphatic heterocycles. The smallest absolute Gasteiger partial charge is 0.317 e. The van der Waals surface area contributed by atoms with Gasteiger partial charge < -0.3 is 15.1 Å². The van der Waals surface area contributed by atoms with Crippen LogP contribution in [0.15, 0.2) is 0 Å². The first-order valence-corrected chi connectivity index (χ1v) is 9.97. The number of likely N-dealkylation sites (tertiary alicyclic amines) is 2. The van der Waals surface area contributed by atoms with E-state index >= 15 is 0 Å². The van der Waals surface area contributed by atoms with Crippen molar-refractivity contribution < 1.29 is 9.59 Å². The maximum Gasteiger partial charge on any atom is 0.317 e. The quantitative estimate of drug-likeness (QED) is 0.858. The monoisotopic (exact) mass is 335 g/mol. The van der Waals surface area contributed by atoms with E-state index in [2.05, 4.69) is 17.1 Å². The third-order valence-electron chi connectivity index (χ3n) is 6.19. The van der Waals surface area contributed by atoms with Crippen LogP contribution in [0, 0.1) is 11.3 Å². The Balaban J connectivity index is 1.59. The minimum Gasteiger partial charge on any atom is -0.342 e. The van der Waals surface area contributed by atoms with Crippen molar-refractivity contribution in [2.24, 2.45) is 11.3 Å². The number of carbonyl (C=O) groups is 2. The van der Waals surface area contributed by atoms with Crippen molar-refractivity contribution in [3.63, 3.8) is 0 Å². The fourth-order valence-corrected chi connectivity index (χ4v) is 4.78. The van der Waals surface area contributed by atoms with Gasteiger partial charge in [-0.1, -0.05) is 26.2 Å². The summed E-state index contributed by atoms with van der Waals surface area (Å²) in [5.41, 5.74) is -0.295. The first-order valence-electron chi connectivity index (χ1n) is 9.97. The van der Waals surface area contributed by atoms with E-state index < -0.39 is 0 Å². The molecule has 0 aromatic rings. The van der Waals surface area contributed by atoms with Gasteiger partial charge in [0.2, 0.25) is 5.91 Å². The van der Waals surface area contributed by atoms with E-state index in [1.54, 1.807) is 0 Å². The lowest BCUT2D eigenvalue weighted by atomic mass is 9.77. The van der Waals surface area contributed by atoms with Crippen LogP contribution < -0.4 is 5.32 Å². The summed E-state index contributed by atoms with van der Waals surface area (Å²) in [6.07, 6.45) is 10.4. The Morgan fingerprint density at radius 2 is 1.96 bits per heavy atom. The summed E-state index contributed by atoms with van der Waals surface area (Å²) in [5, 5.41) is 2.95. The van der Waals surface area contributed by atoms with Crippen LogP contribution in [0.3, 0.4) is 0 Å². The van der Waals surface area contributed by atoms with Gasteiger partial charge in [0, 0.05) is 32.7 Å². The molecular weight excluding hydrogens is 302 g/mol. The lowest BCUT2D eigenvalue weighted by Gasteiger charge is -2.41. The Morgan fingerprint density at radius 3 is 2.71 bits per heavy atom. The Hall–Kier alpha value is -1.26. The van der Waals surface area contributed by atoms with Crippen molar-refractivity contribution >= 4 is 11.9 Å². The third-order valence-corrected chi connectivity index (χ3v) is 6.19. The molecule has 1 atom stereocenters. The Kier molecular flexibility index (Phi) is 5.67. The topological polar surface area (TPSA) is 52.7 Å². The molecule has 0 aromatic carbocycles. The fraction of sp³-hybridized carbons (Fsp3) is 0.895. The SMILES string of the molecule is CCCNC(=O)N1CCC2(CCCN(CC3CCCCC3)C2=O)C1. The molecule has 3 amide bonds. The summed E-state index contributed by atoms with van der Waals surface area (Å²) in [7, 11) is 0. The number of hydrogen-bond donors (Lipinski definition) is 1. The van der Waals surface area contributed by atoms with Gasteiger partial charge in [-0.15, -0.1) is 0 Å². The first-order chi connectivity index (χ1) is 11.6. The van der Waals surface area contributed by atoms with Crippen molar-refractivity contribution in [2.45, 2.75) is 64.7 Å². The van der Waals surface area contributed by atoms with Crippen molar-refractivity contribution in [3.8, 4) is 0 Å². The van der Waals surface area contributed by atoms with Gasteiger partial charge in [0.15, 0.2) is 0 Å². The van der Waals surface area contributed by atoms with Gasteiger partial charge in [-0.05, 0) is 44.4 Å². The molecular formula is C19H33N3O2. The van der Waals surface area contributed by atoms with Crippen LogP contribution in [-0.2, 0) is 4.79 Å². The fourth-order valence-electron chi connectivity index (χ4n) is 4.78. The summed E-state index contributed by atoms with van der Waals surface area (Å²) >= 11 is 0. The van der Waals surface area contributed by atoms with Crippen molar-refractivity contribution in [2.75, 3.05) is 32.7 Å². The molecule has 0 radical (unpaired) electrons. The molecule has 3 aliphatic rings. The molecule has 5 heteroatoms. The molecule has 136 valence electrons. The molecule has 2 saturated heterocycles.